The zero-order valence-corrected chi connectivity index (χ0v) is 14.1. The van der Waals surface area contributed by atoms with Crippen molar-refractivity contribution in [3.63, 3.8) is 0 Å². The normalized spacial score (nSPS) is 35.6. The molecule has 18 heavy (non-hydrogen) atoms. The second kappa shape index (κ2) is 4.22. The maximum Gasteiger partial charge on any atom is 0.194 e. The van der Waals surface area contributed by atoms with Crippen LogP contribution in [0.1, 0.15) is 27.2 Å². The summed E-state index contributed by atoms with van der Waals surface area (Å²) in [5, 5.41) is 0.181. The third-order valence-corrected chi connectivity index (χ3v) is 10.7. The molecule has 102 valence electrons. The summed E-state index contributed by atoms with van der Waals surface area (Å²) in [4.78, 5) is 11.7. The quantitative estimate of drug-likeness (QED) is 0.447. The molecule has 0 aliphatic heterocycles. The van der Waals surface area contributed by atoms with Crippen molar-refractivity contribution < 1.29 is 9.22 Å². The van der Waals surface area contributed by atoms with Crippen molar-refractivity contribution in [2.75, 3.05) is 6.26 Å². The van der Waals surface area contributed by atoms with Gasteiger partial charge in [-0.2, -0.15) is 0 Å². The molecule has 1 saturated carbocycles. The maximum atomic E-state index is 12.0. The second-order valence-electron chi connectivity index (χ2n) is 6.93. The van der Waals surface area contributed by atoms with Crippen LogP contribution in [0.25, 0.3) is 0 Å². The lowest BCUT2D eigenvalue weighted by atomic mass is 10.1. The SMILES string of the molecule is CSC1(O[Si](C)(C)C(C)(C)C)C2C=CC1C(=O)C2. The molecule has 3 atom stereocenters. The van der Waals surface area contributed by atoms with Crippen molar-refractivity contribution in [3.8, 4) is 0 Å². The molecule has 4 heteroatoms. The third kappa shape index (κ3) is 1.93. The molecule has 2 aliphatic carbocycles. The van der Waals surface area contributed by atoms with Crippen LogP contribution in [0.15, 0.2) is 12.2 Å². The van der Waals surface area contributed by atoms with Crippen molar-refractivity contribution in [2.45, 2.75) is 50.3 Å². The average molecular weight is 284 g/mol. The van der Waals surface area contributed by atoms with Crippen molar-refractivity contribution in [1.29, 1.82) is 0 Å². The number of rotatable bonds is 3. The molecule has 2 rings (SSSR count). The first kappa shape index (κ1) is 14.3. The highest BCUT2D eigenvalue weighted by atomic mass is 32.2. The number of carbonyl (C=O) groups excluding carboxylic acids is 1. The minimum absolute atomic E-state index is 0.0216. The Morgan fingerprint density at radius 2 is 2.00 bits per heavy atom. The number of hydrogen-bond acceptors (Lipinski definition) is 3. The van der Waals surface area contributed by atoms with Crippen molar-refractivity contribution in [1.82, 2.24) is 0 Å². The van der Waals surface area contributed by atoms with E-state index in [9.17, 15) is 4.79 Å². The van der Waals surface area contributed by atoms with Crippen molar-refractivity contribution >= 4 is 25.9 Å². The average Bonchev–Trinajstić information content (AvgIpc) is 2.67. The van der Waals surface area contributed by atoms with Crippen molar-refractivity contribution in [3.05, 3.63) is 12.2 Å². The molecule has 0 aromatic carbocycles. The molecule has 0 N–H and O–H groups in total. The highest BCUT2D eigenvalue weighted by Crippen LogP contribution is 2.56. The Labute approximate surface area is 116 Å². The van der Waals surface area contributed by atoms with Gasteiger partial charge in [0, 0.05) is 12.3 Å². The van der Waals surface area contributed by atoms with Gasteiger partial charge in [0.05, 0.1) is 5.92 Å². The van der Waals surface area contributed by atoms with E-state index in [4.69, 9.17) is 4.43 Å². The van der Waals surface area contributed by atoms with Gasteiger partial charge in [-0.1, -0.05) is 32.9 Å². The summed E-state index contributed by atoms with van der Waals surface area (Å²) in [6.45, 7) is 11.3. The van der Waals surface area contributed by atoms with Gasteiger partial charge in [-0.15, -0.1) is 11.8 Å². The number of hydrogen-bond donors (Lipinski definition) is 0. The zero-order chi connectivity index (χ0) is 13.8. The van der Waals surface area contributed by atoms with Crippen molar-refractivity contribution in [2.24, 2.45) is 11.8 Å². The summed E-state index contributed by atoms with van der Waals surface area (Å²) in [5.74, 6) is 0.612. The minimum atomic E-state index is -1.85. The van der Waals surface area contributed by atoms with Gasteiger partial charge in [0.15, 0.2) is 8.32 Å². The van der Waals surface area contributed by atoms with Gasteiger partial charge in [-0.25, -0.2) is 0 Å². The van der Waals surface area contributed by atoms with Crippen LogP contribution in [0, 0.1) is 11.8 Å². The molecule has 0 spiro atoms. The Kier molecular flexibility index (Phi) is 3.36. The number of ketones is 1. The highest BCUT2D eigenvalue weighted by molar-refractivity contribution is 8.00. The van der Waals surface area contributed by atoms with Crippen LogP contribution in [-0.4, -0.2) is 25.3 Å². The number of fused-ring (bicyclic) bond motifs is 2. The van der Waals surface area contributed by atoms with Gasteiger partial charge in [-0.05, 0) is 24.4 Å². The van der Waals surface area contributed by atoms with E-state index in [0.29, 0.717) is 12.2 Å². The highest BCUT2D eigenvalue weighted by Gasteiger charge is 2.60. The monoisotopic (exact) mass is 284 g/mol. The summed E-state index contributed by atoms with van der Waals surface area (Å²) in [6, 6.07) is 0. The van der Waals surface area contributed by atoms with E-state index in [1.165, 1.54) is 0 Å². The van der Waals surface area contributed by atoms with Crippen LogP contribution < -0.4 is 0 Å². The van der Waals surface area contributed by atoms with Crippen LogP contribution in [0.3, 0.4) is 0 Å². The smallest absolute Gasteiger partial charge is 0.194 e. The molecule has 0 aromatic rings. The van der Waals surface area contributed by atoms with Gasteiger partial charge in [0.1, 0.15) is 10.7 Å². The Hall–Kier alpha value is -0.0631. The standard InChI is InChI=1S/C14H24O2SSi/c1-13(2,3)18(5,6)16-14(17-4)10-7-8-11(14)12(15)9-10/h7-8,10-11H,9H2,1-6H3. The molecule has 0 amide bonds. The zero-order valence-electron chi connectivity index (χ0n) is 12.2. The fourth-order valence-electron chi connectivity index (χ4n) is 2.64. The Morgan fingerprint density at radius 3 is 2.33 bits per heavy atom. The van der Waals surface area contributed by atoms with E-state index in [0.717, 1.165) is 0 Å². The summed E-state index contributed by atoms with van der Waals surface area (Å²) < 4.78 is 6.68. The van der Waals surface area contributed by atoms with E-state index in [-0.39, 0.29) is 21.8 Å². The van der Waals surface area contributed by atoms with Gasteiger partial charge in [0.25, 0.3) is 0 Å². The first-order valence-electron chi connectivity index (χ1n) is 6.60. The molecular weight excluding hydrogens is 260 g/mol. The predicted molar refractivity (Wildman–Crippen MR) is 80.3 cm³/mol. The Morgan fingerprint density at radius 1 is 1.39 bits per heavy atom. The molecule has 0 radical (unpaired) electrons. The summed E-state index contributed by atoms with van der Waals surface area (Å²) in [6.07, 6.45) is 7.01. The lowest BCUT2D eigenvalue weighted by Gasteiger charge is -2.45. The van der Waals surface area contributed by atoms with E-state index < -0.39 is 8.32 Å². The Bertz CT molecular complexity index is 397. The number of carbonyl (C=O) groups is 1. The second-order valence-corrected chi connectivity index (χ2v) is 12.7. The largest absolute Gasteiger partial charge is 0.401 e. The molecule has 0 aromatic heterocycles. The lowest BCUT2D eigenvalue weighted by molar-refractivity contribution is -0.120. The summed E-state index contributed by atoms with van der Waals surface area (Å²) >= 11 is 1.73. The fraction of sp³-hybridized carbons (Fsp3) is 0.786. The molecular formula is C14H24O2SSi. The first-order chi connectivity index (χ1) is 8.14. The van der Waals surface area contributed by atoms with E-state index in [1.807, 2.05) is 0 Å². The molecule has 2 bridgehead atoms. The van der Waals surface area contributed by atoms with Crippen LogP contribution in [0.5, 0.6) is 0 Å². The van der Waals surface area contributed by atoms with E-state index >= 15 is 0 Å². The first-order valence-corrected chi connectivity index (χ1v) is 10.7. The van der Waals surface area contributed by atoms with E-state index in [2.05, 4.69) is 52.3 Å². The molecule has 2 nitrogen and oxygen atoms in total. The Balaban J connectivity index is 2.30. The lowest BCUT2D eigenvalue weighted by Crippen LogP contribution is -2.51. The van der Waals surface area contributed by atoms with Gasteiger partial charge in [0.2, 0.25) is 0 Å². The van der Waals surface area contributed by atoms with Crippen LogP contribution in [0.2, 0.25) is 18.1 Å². The summed E-state index contributed by atoms with van der Waals surface area (Å²) in [7, 11) is -1.85. The summed E-state index contributed by atoms with van der Waals surface area (Å²) in [5.41, 5.74) is 0. The van der Waals surface area contributed by atoms with Crippen LogP contribution in [-0.2, 0) is 9.22 Å². The molecule has 3 unspecified atom stereocenters. The molecule has 0 saturated heterocycles. The molecule has 2 aliphatic rings. The minimum Gasteiger partial charge on any atom is -0.401 e. The topological polar surface area (TPSA) is 26.3 Å². The number of thioether (sulfide) groups is 1. The van der Waals surface area contributed by atoms with Gasteiger partial charge >= 0.3 is 0 Å². The van der Waals surface area contributed by atoms with Gasteiger partial charge < -0.3 is 4.43 Å². The molecule has 0 heterocycles. The van der Waals surface area contributed by atoms with Crippen LogP contribution >= 0.6 is 11.8 Å². The van der Waals surface area contributed by atoms with Gasteiger partial charge in [-0.3, -0.25) is 4.79 Å². The maximum absolute atomic E-state index is 12.0. The predicted octanol–water partition coefficient (Wildman–Crippen LogP) is 3.84. The number of Topliss-reactive ketones (excluding diaryl/α,β-unsaturated/α-hetero) is 1. The third-order valence-electron chi connectivity index (χ3n) is 4.79. The van der Waals surface area contributed by atoms with Crippen LogP contribution in [0.4, 0.5) is 0 Å². The molecule has 1 fully saturated rings. The fourth-order valence-corrected chi connectivity index (χ4v) is 5.91. The van der Waals surface area contributed by atoms with E-state index in [1.54, 1.807) is 11.8 Å².